The molecule has 0 unspecified atom stereocenters. The zero-order valence-corrected chi connectivity index (χ0v) is 35.5. The third-order valence-electron chi connectivity index (χ3n) is 14.7. The van der Waals surface area contributed by atoms with Gasteiger partial charge in [-0.1, -0.05) is 107 Å². The minimum absolute atomic E-state index is 0.0205. The molecule has 0 bridgehead atoms. The fraction of sp³-hybridized carbons (Fsp3) is 0.208. The number of rotatable bonds is 1. The second-order valence-electron chi connectivity index (χ2n) is 19.1. The van der Waals surface area contributed by atoms with Crippen molar-refractivity contribution in [2.24, 2.45) is 0 Å². The Balaban J connectivity index is 1.26. The second-order valence-corrected chi connectivity index (χ2v) is 22.7. The molecule has 0 saturated heterocycles. The molecule has 9 aromatic rings. The Bertz CT molecular complexity index is 3370. The van der Waals surface area contributed by atoms with Gasteiger partial charge >= 0.3 is 6.85 Å². The standard InChI is InChI=1S/C53H45BN2O2S/c1-30-27-37-38(53(4,5)26-25-52(37,2)3)29-41(30)55-48-39(24-23-34-31-15-8-11-19-42(31)57-50(34)48)54-46-35(28-36-32-16-9-12-20-43(32)58-51(36)49(46)55)33-17-14-22-45-47(33)56(54)40-18-10-13-21-44(40)59(45,6)7/h8-24,27-29H,25-26H2,1-7H3. The third kappa shape index (κ3) is 4.18. The van der Waals surface area contributed by atoms with Gasteiger partial charge in [0.05, 0.1) is 11.4 Å². The lowest BCUT2D eigenvalue weighted by Gasteiger charge is -2.52. The number of nitrogens with zero attached hydrogens (tertiary/aromatic N) is 2. The van der Waals surface area contributed by atoms with E-state index in [0.717, 1.165) is 61.7 Å². The number of anilines is 5. The van der Waals surface area contributed by atoms with Crippen LogP contribution < -0.4 is 20.6 Å². The molecule has 4 nitrogen and oxygen atoms in total. The maximum Gasteiger partial charge on any atom is 0.333 e. The van der Waals surface area contributed by atoms with Gasteiger partial charge in [0.15, 0.2) is 11.2 Å². The van der Waals surface area contributed by atoms with Crippen LogP contribution >= 0.6 is 10.0 Å². The Hall–Kier alpha value is -5.85. The molecule has 59 heavy (non-hydrogen) atoms. The number of hydrogen-bond acceptors (Lipinski definition) is 4. The van der Waals surface area contributed by atoms with Gasteiger partial charge in [-0.3, -0.25) is 0 Å². The molecule has 13 rings (SSSR count). The number of fused-ring (bicyclic) bond motifs is 15. The SMILES string of the molecule is Cc1cc2c(cc1N1c3c(ccc4c3oc3ccccc34)B3c4c(cc5c(oc6ccccc65)c41)-c1cccc4c1N3c1ccccc1S4(C)C)C(C)(C)CCC2(C)C. The minimum atomic E-state index is -1.33. The molecule has 0 atom stereocenters. The highest BCUT2D eigenvalue weighted by molar-refractivity contribution is 8.33. The highest BCUT2D eigenvalue weighted by Gasteiger charge is 2.51. The molecule has 0 radical (unpaired) electrons. The van der Waals surface area contributed by atoms with Crippen LogP contribution in [0.4, 0.5) is 28.4 Å². The zero-order chi connectivity index (χ0) is 39.9. The molecule has 4 aliphatic rings. The monoisotopic (exact) mass is 784 g/mol. The minimum Gasteiger partial charge on any atom is -0.454 e. The van der Waals surface area contributed by atoms with E-state index in [1.54, 1.807) is 0 Å². The van der Waals surface area contributed by atoms with Gasteiger partial charge in [-0.15, -0.1) is 0 Å². The number of benzene rings is 7. The van der Waals surface area contributed by atoms with Crippen LogP contribution in [0.1, 0.15) is 57.2 Å². The highest BCUT2D eigenvalue weighted by Crippen LogP contribution is 2.69. The summed E-state index contributed by atoms with van der Waals surface area (Å²) in [5.74, 6) is 0. The Kier molecular flexibility index (Phi) is 6.38. The van der Waals surface area contributed by atoms with Crippen molar-refractivity contribution in [3.8, 4) is 11.1 Å². The third-order valence-corrected chi connectivity index (χ3v) is 17.5. The summed E-state index contributed by atoms with van der Waals surface area (Å²) in [6, 6.07) is 45.6. The molecule has 1 aliphatic carbocycles. The molecule has 0 N–H and O–H groups in total. The first-order valence-electron chi connectivity index (χ1n) is 21.1. The summed E-state index contributed by atoms with van der Waals surface area (Å²) in [4.78, 5) is 8.12. The normalized spacial score (nSPS) is 18.1. The van der Waals surface area contributed by atoms with Crippen molar-refractivity contribution in [1.82, 2.24) is 0 Å². The maximum atomic E-state index is 7.20. The van der Waals surface area contributed by atoms with Crippen molar-refractivity contribution in [3.05, 3.63) is 138 Å². The summed E-state index contributed by atoms with van der Waals surface area (Å²) in [5.41, 5.74) is 19.0. The largest absolute Gasteiger partial charge is 0.454 e. The zero-order valence-electron chi connectivity index (χ0n) is 34.7. The summed E-state index contributed by atoms with van der Waals surface area (Å²) in [5, 5.41) is 4.54. The van der Waals surface area contributed by atoms with E-state index in [1.165, 1.54) is 72.0 Å². The molecule has 6 heteroatoms. The van der Waals surface area contributed by atoms with E-state index in [1.807, 2.05) is 0 Å². The fourth-order valence-electron chi connectivity index (χ4n) is 11.5. The quantitative estimate of drug-likeness (QED) is 0.155. The lowest BCUT2D eigenvalue weighted by Crippen LogP contribution is -2.62. The first kappa shape index (κ1) is 34.1. The average molecular weight is 785 g/mol. The van der Waals surface area contributed by atoms with Gasteiger partial charge in [-0.05, 0) is 119 Å². The predicted molar refractivity (Wildman–Crippen MR) is 251 cm³/mol. The van der Waals surface area contributed by atoms with Crippen molar-refractivity contribution < 1.29 is 8.83 Å². The van der Waals surface area contributed by atoms with E-state index in [0.29, 0.717) is 0 Å². The van der Waals surface area contributed by atoms with E-state index in [4.69, 9.17) is 8.83 Å². The van der Waals surface area contributed by atoms with Crippen LogP contribution in [0.25, 0.3) is 55.0 Å². The van der Waals surface area contributed by atoms with Crippen molar-refractivity contribution >= 4 is 100 Å². The molecule has 3 aliphatic heterocycles. The van der Waals surface area contributed by atoms with Crippen LogP contribution in [0.3, 0.4) is 0 Å². The van der Waals surface area contributed by atoms with Gasteiger partial charge in [0, 0.05) is 54.0 Å². The van der Waals surface area contributed by atoms with Crippen molar-refractivity contribution in [2.45, 2.75) is 68.1 Å². The first-order valence-corrected chi connectivity index (χ1v) is 23.5. The Morgan fingerprint density at radius 2 is 1.19 bits per heavy atom. The van der Waals surface area contributed by atoms with Crippen molar-refractivity contribution in [3.63, 3.8) is 0 Å². The van der Waals surface area contributed by atoms with E-state index in [-0.39, 0.29) is 17.7 Å². The van der Waals surface area contributed by atoms with E-state index in [9.17, 15) is 0 Å². The molecule has 2 aromatic heterocycles. The fourth-order valence-corrected chi connectivity index (χ4v) is 14.0. The van der Waals surface area contributed by atoms with Gasteiger partial charge in [-0.2, -0.15) is 10.0 Å². The van der Waals surface area contributed by atoms with Gasteiger partial charge < -0.3 is 18.5 Å². The summed E-state index contributed by atoms with van der Waals surface area (Å²) in [6.07, 6.45) is 7.26. The van der Waals surface area contributed by atoms with Crippen molar-refractivity contribution in [2.75, 3.05) is 22.2 Å². The van der Waals surface area contributed by atoms with Crippen LogP contribution in [-0.2, 0) is 10.8 Å². The van der Waals surface area contributed by atoms with Gasteiger partial charge in [0.2, 0.25) is 0 Å². The van der Waals surface area contributed by atoms with Crippen LogP contribution in [0.15, 0.2) is 140 Å². The smallest absolute Gasteiger partial charge is 0.333 e. The molecular weight excluding hydrogens is 739 g/mol. The Morgan fingerprint density at radius 1 is 0.559 bits per heavy atom. The van der Waals surface area contributed by atoms with Gasteiger partial charge in [-0.25, -0.2) is 0 Å². The summed E-state index contributed by atoms with van der Waals surface area (Å²) < 4.78 is 14.3. The molecule has 0 amide bonds. The Labute approximate surface area is 346 Å². The molecule has 7 aromatic carbocycles. The summed E-state index contributed by atoms with van der Waals surface area (Å²) in [6.45, 7) is 11.9. The Morgan fingerprint density at radius 3 is 1.93 bits per heavy atom. The molecule has 288 valence electrons. The van der Waals surface area contributed by atoms with Crippen LogP contribution in [0.5, 0.6) is 0 Å². The lowest BCUT2D eigenvalue weighted by molar-refractivity contribution is 0.332. The molecule has 0 fully saturated rings. The summed E-state index contributed by atoms with van der Waals surface area (Å²) >= 11 is 0. The number of para-hydroxylation sites is 4. The maximum absolute atomic E-state index is 7.20. The number of aryl methyl sites for hydroxylation is 1. The summed E-state index contributed by atoms with van der Waals surface area (Å²) in [7, 11) is -1.33. The first-order chi connectivity index (χ1) is 28.4. The predicted octanol–water partition coefficient (Wildman–Crippen LogP) is 13.6. The highest BCUT2D eigenvalue weighted by atomic mass is 32.3. The van der Waals surface area contributed by atoms with Crippen LogP contribution in [-0.4, -0.2) is 19.4 Å². The van der Waals surface area contributed by atoms with Crippen molar-refractivity contribution in [1.29, 1.82) is 0 Å². The molecule has 0 spiro atoms. The molecule has 5 heterocycles. The molecular formula is C53H45BN2O2S. The van der Waals surface area contributed by atoms with Crippen LogP contribution in [0, 0.1) is 6.92 Å². The average Bonchev–Trinajstić information content (AvgIpc) is 3.81. The van der Waals surface area contributed by atoms with E-state index < -0.39 is 10.0 Å². The second kappa shape index (κ2) is 11.0. The van der Waals surface area contributed by atoms with Gasteiger partial charge in [0.1, 0.15) is 11.2 Å². The number of hydrogen-bond donors (Lipinski definition) is 0. The van der Waals surface area contributed by atoms with Gasteiger partial charge in [0.25, 0.3) is 0 Å². The lowest BCUT2D eigenvalue weighted by atomic mass is 9.43. The van der Waals surface area contributed by atoms with Crippen LogP contribution in [0.2, 0.25) is 0 Å². The van der Waals surface area contributed by atoms with E-state index >= 15 is 0 Å². The van der Waals surface area contributed by atoms with E-state index in [2.05, 4.69) is 178 Å². The number of furan rings is 2. The molecule has 0 saturated carbocycles. The topological polar surface area (TPSA) is 32.8 Å².